The van der Waals surface area contributed by atoms with Crippen LogP contribution < -0.4 is 19.5 Å². The number of benzene rings is 2. The number of amides is 1. The molecule has 10 nitrogen and oxygen atoms in total. The van der Waals surface area contributed by atoms with E-state index in [9.17, 15) is 21.6 Å². The molecule has 0 saturated carbocycles. The minimum Gasteiger partial charge on any atom is -0.486 e. The number of carbonyl (C=O) groups is 1. The number of para-hydroxylation sites is 1. The Kier molecular flexibility index (Phi) is 6.50. The maximum Gasteiger partial charge on any atom is 0.262 e. The molecule has 2 aromatic rings. The zero-order chi connectivity index (χ0) is 23.6. The Balaban J connectivity index is 1.52. The van der Waals surface area contributed by atoms with E-state index in [0.29, 0.717) is 44.1 Å². The van der Waals surface area contributed by atoms with E-state index in [1.807, 2.05) is 0 Å². The summed E-state index contributed by atoms with van der Waals surface area (Å²) in [7, 11) is -7.37. The van der Waals surface area contributed by atoms with Gasteiger partial charge in [0.05, 0.1) is 22.4 Å². The molecule has 0 bridgehead atoms. The molecule has 4 rings (SSSR count). The largest absolute Gasteiger partial charge is 0.486 e. The number of ether oxygens (including phenoxy) is 2. The highest BCUT2D eigenvalue weighted by Gasteiger charge is 2.28. The molecule has 0 aliphatic carbocycles. The van der Waals surface area contributed by atoms with Gasteiger partial charge in [-0.15, -0.1) is 0 Å². The van der Waals surface area contributed by atoms with E-state index in [4.69, 9.17) is 9.47 Å². The summed E-state index contributed by atoms with van der Waals surface area (Å²) >= 11 is 0. The zero-order valence-electron chi connectivity index (χ0n) is 18.0. The quantitative estimate of drug-likeness (QED) is 0.619. The highest BCUT2D eigenvalue weighted by Crippen LogP contribution is 2.33. The third-order valence-electron chi connectivity index (χ3n) is 5.43. The van der Waals surface area contributed by atoms with E-state index in [1.54, 1.807) is 12.1 Å². The number of carbonyl (C=O) groups excluding carboxylic acids is 1. The first-order valence-electron chi connectivity index (χ1n) is 10.4. The van der Waals surface area contributed by atoms with Crippen molar-refractivity contribution < 1.29 is 31.1 Å². The van der Waals surface area contributed by atoms with Gasteiger partial charge < -0.3 is 14.8 Å². The first-order chi connectivity index (χ1) is 15.6. The summed E-state index contributed by atoms with van der Waals surface area (Å²) in [5, 5.41) is 2.83. The van der Waals surface area contributed by atoms with Crippen LogP contribution in [0.25, 0.3) is 0 Å². The molecule has 0 spiro atoms. The van der Waals surface area contributed by atoms with Gasteiger partial charge in [-0.3, -0.25) is 9.52 Å². The van der Waals surface area contributed by atoms with Gasteiger partial charge in [0.2, 0.25) is 10.0 Å². The highest BCUT2D eigenvalue weighted by molar-refractivity contribution is 7.92. The van der Waals surface area contributed by atoms with Crippen LogP contribution in [-0.2, 0) is 20.0 Å². The summed E-state index contributed by atoms with van der Waals surface area (Å²) in [6, 6.07) is 10.2. The van der Waals surface area contributed by atoms with E-state index in [-0.39, 0.29) is 28.7 Å². The van der Waals surface area contributed by atoms with E-state index >= 15 is 0 Å². The Labute approximate surface area is 193 Å². The molecule has 1 saturated heterocycles. The van der Waals surface area contributed by atoms with E-state index in [1.165, 1.54) is 34.6 Å². The first kappa shape index (κ1) is 23.3. The predicted molar refractivity (Wildman–Crippen MR) is 122 cm³/mol. The number of fused-ring (bicyclic) bond motifs is 1. The van der Waals surface area contributed by atoms with Gasteiger partial charge in [-0.05, 0) is 37.1 Å². The van der Waals surface area contributed by atoms with Crippen molar-refractivity contribution in [2.75, 3.05) is 37.3 Å². The summed E-state index contributed by atoms with van der Waals surface area (Å²) in [5.41, 5.74) is 0.246. The van der Waals surface area contributed by atoms with Crippen LogP contribution >= 0.6 is 0 Å². The summed E-state index contributed by atoms with van der Waals surface area (Å²) < 4.78 is 64.4. The molecule has 1 atom stereocenters. The Morgan fingerprint density at radius 1 is 1.03 bits per heavy atom. The molecule has 12 heteroatoms. The average Bonchev–Trinajstić information content (AvgIpc) is 2.78. The Bertz CT molecular complexity index is 1260. The van der Waals surface area contributed by atoms with Crippen molar-refractivity contribution in [1.82, 2.24) is 9.62 Å². The smallest absolute Gasteiger partial charge is 0.262 e. The molecule has 1 amide bonds. The van der Waals surface area contributed by atoms with Crippen LogP contribution in [-0.4, -0.2) is 65.6 Å². The molecule has 2 aliphatic rings. The number of hydrogen-bond donors (Lipinski definition) is 2. The molecule has 2 heterocycles. The van der Waals surface area contributed by atoms with Gasteiger partial charge in [0.1, 0.15) is 13.2 Å². The molecular formula is C21H25N3O7S2. The van der Waals surface area contributed by atoms with Crippen molar-refractivity contribution in [3.8, 4) is 11.5 Å². The van der Waals surface area contributed by atoms with Crippen LogP contribution in [0, 0.1) is 0 Å². The van der Waals surface area contributed by atoms with Gasteiger partial charge in [-0.25, -0.2) is 21.1 Å². The normalized spacial score (nSPS) is 19.0. The number of piperidine rings is 1. The molecule has 2 aliphatic heterocycles. The minimum atomic E-state index is -4.02. The standard InChI is InChI=1S/C21H25N3O7S2/c1-32(26,27)24-10-4-5-15(14-24)22-21(25)17-6-2-3-7-18(17)23-33(28,29)16-8-9-19-20(13-16)31-12-11-30-19/h2-3,6-9,13,15,23H,4-5,10-12,14H2,1H3,(H,22,25). The van der Waals surface area contributed by atoms with Crippen molar-refractivity contribution >= 4 is 31.6 Å². The lowest BCUT2D eigenvalue weighted by Gasteiger charge is -2.31. The molecule has 0 aromatic heterocycles. The number of nitrogens with zero attached hydrogens (tertiary/aromatic N) is 1. The lowest BCUT2D eigenvalue weighted by atomic mass is 10.1. The van der Waals surface area contributed by atoms with Gasteiger partial charge >= 0.3 is 0 Å². The molecule has 1 fully saturated rings. The molecule has 2 N–H and O–H groups in total. The molecule has 178 valence electrons. The minimum absolute atomic E-state index is 0.0296. The number of nitrogens with one attached hydrogen (secondary N) is 2. The lowest BCUT2D eigenvalue weighted by molar-refractivity contribution is 0.0922. The Morgan fingerprint density at radius 3 is 2.52 bits per heavy atom. The maximum atomic E-state index is 13.0. The van der Waals surface area contributed by atoms with E-state index in [0.717, 1.165) is 6.26 Å². The van der Waals surface area contributed by atoms with Crippen LogP contribution in [0.2, 0.25) is 0 Å². The van der Waals surface area contributed by atoms with Gasteiger partial charge in [-0.1, -0.05) is 12.1 Å². The number of hydrogen-bond acceptors (Lipinski definition) is 7. The van der Waals surface area contributed by atoms with Crippen LogP contribution in [0.3, 0.4) is 0 Å². The molecule has 1 unspecified atom stereocenters. The fourth-order valence-corrected chi connectivity index (χ4v) is 5.80. The lowest BCUT2D eigenvalue weighted by Crippen LogP contribution is -2.49. The highest BCUT2D eigenvalue weighted by atomic mass is 32.2. The van der Waals surface area contributed by atoms with Gasteiger partial charge in [0.15, 0.2) is 11.5 Å². The summed E-state index contributed by atoms with van der Waals surface area (Å²) in [6.07, 6.45) is 2.39. The fourth-order valence-electron chi connectivity index (χ4n) is 3.79. The third kappa shape index (κ3) is 5.40. The number of anilines is 1. The number of sulfonamides is 2. The summed E-state index contributed by atoms with van der Waals surface area (Å²) in [4.78, 5) is 12.9. The van der Waals surface area contributed by atoms with Gasteiger partial charge in [0, 0.05) is 25.2 Å². The third-order valence-corrected chi connectivity index (χ3v) is 8.06. The van der Waals surface area contributed by atoms with Crippen molar-refractivity contribution in [2.24, 2.45) is 0 Å². The van der Waals surface area contributed by atoms with Crippen LogP contribution in [0.5, 0.6) is 11.5 Å². The second kappa shape index (κ2) is 9.20. The number of rotatable bonds is 6. The van der Waals surface area contributed by atoms with Gasteiger partial charge in [0.25, 0.3) is 15.9 Å². The second-order valence-corrected chi connectivity index (χ2v) is 11.6. The SMILES string of the molecule is CS(=O)(=O)N1CCCC(NC(=O)c2ccccc2NS(=O)(=O)c2ccc3c(c2)OCCO3)C1. The maximum absolute atomic E-state index is 13.0. The van der Waals surface area contributed by atoms with Crippen LogP contribution in [0.15, 0.2) is 47.4 Å². The van der Waals surface area contributed by atoms with Crippen molar-refractivity contribution in [3.05, 3.63) is 48.0 Å². The van der Waals surface area contributed by atoms with Crippen molar-refractivity contribution in [3.63, 3.8) is 0 Å². The van der Waals surface area contributed by atoms with Crippen molar-refractivity contribution in [2.45, 2.75) is 23.8 Å². The Hall–Kier alpha value is -2.83. The second-order valence-electron chi connectivity index (χ2n) is 7.89. The van der Waals surface area contributed by atoms with Crippen molar-refractivity contribution in [1.29, 1.82) is 0 Å². The molecular weight excluding hydrogens is 470 g/mol. The monoisotopic (exact) mass is 495 g/mol. The fraction of sp³-hybridized carbons (Fsp3) is 0.381. The van der Waals surface area contributed by atoms with E-state index < -0.39 is 26.0 Å². The van der Waals surface area contributed by atoms with Crippen LogP contribution in [0.1, 0.15) is 23.2 Å². The zero-order valence-corrected chi connectivity index (χ0v) is 19.6. The van der Waals surface area contributed by atoms with Gasteiger partial charge in [-0.2, -0.15) is 0 Å². The Morgan fingerprint density at radius 2 is 1.76 bits per heavy atom. The molecule has 2 aromatic carbocycles. The summed E-state index contributed by atoms with van der Waals surface area (Å²) in [5.74, 6) is 0.314. The topological polar surface area (TPSA) is 131 Å². The van der Waals surface area contributed by atoms with E-state index in [2.05, 4.69) is 10.0 Å². The molecule has 33 heavy (non-hydrogen) atoms. The predicted octanol–water partition coefficient (Wildman–Crippen LogP) is 1.41. The summed E-state index contributed by atoms with van der Waals surface area (Å²) in [6.45, 7) is 1.31. The first-order valence-corrected chi connectivity index (χ1v) is 13.7. The molecule has 0 radical (unpaired) electrons. The average molecular weight is 496 g/mol. The van der Waals surface area contributed by atoms with Crippen LogP contribution in [0.4, 0.5) is 5.69 Å².